The van der Waals surface area contributed by atoms with E-state index in [1.54, 1.807) is 0 Å². The summed E-state index contributed by atoms with van der Waals surface area (Å²) < 4.78 is 18.4. The van der Waals surface area contributed by atoms with Gasteiger partial charge in [0.1, 0.15) is 5.82 Å². The second-order valence-electron chi connectivity index (χ2n) is 3.20. The van der Waals surface area contributed by atoms with Crippen LogP contribution >= 0.6 is 0 Å². The first-order valence-corrected chi connectivity index (χ1v) is 4.50. The number of halogens is 1. The summed E-state index contributed by atoms with van der Waals surface area (Å²) in [5.74, 6) is -0.834. The molecule has 0 fully saturated rings. The fraction of sp³-hybridized carbons (Fsp3) is 0.100. The Morgan fingerprint density at radius 1 is 1.38 bits per heavy atom. The molecule has 2 aromatic rings. The number of benzene rings is 1. The maximum Gasteiger partial charge on any atom is 0.438 e. The van der Waals surface area contributed by atoms with E-state index in [4.69, 9.17) is 0 Å². The number of carbonyl (C=O) groups excluding carboxylic acids is 1. The SMILES string of the molecule is CC(=O)c1c(=O)o[nH][n+]1-c1ccc(F)cc1. The second kappa shape index (κ2) is 3.73. The Kier molecular flexibility index (Phi) is 2.40. The molecule has 16 heavy (non-hydrogen) atoms. The van der Waals surface area contributed by atoms with Gasteiger partial charge in [0.2, 0.25) is 11.5 Å². The van der Waals surface area contributed by atoms with E-state index < -0.39 is 17.2 Å². The molecule has 82 valence electrons. The molecule has 0 aliphatic rings. The lowest BCUT2D eigenvalue weighted by molar-refractivity contribution is -0.672. The number of aromatic nitrogens is 2. The summed E-state index contributed by atoms with van der Waals surface area (Å²) >= 11 is 0. The van der Waals surface area contributed by atoms with Crippen molar-refractivity contribution in [3.8, 4) is 5.69 Å². The number of ketones is 1. The van der Waals surface area contributed by atoms with Crippen molar-refractivity contribution in [2.45, 2.75) is 6.92 Å². The number of rotatable bonds is 2. The van der Waals surface area contributed by atoms with Crippen molar-refractivity contribution in [2.75, 3.05) is 0 Å². The average molecular weight is 223 g/mol. The molecule has 1 aromatic heterocycles. The largest absolute Gasteiger partial charge is 0.438 e. The third-order valence-corrected chi connectivity index (χ3v) is 2.06. The van der Waals surface area contributed by atoms with E-state index >= 15 is 0 Å². The minimum absolute atomic E-state index is 0.133. The quantitative estimate of drug-likeness (QED) is 0.598. The highest BCUT2D eigenvalue weighted by Crippen LogP contribution is 2.02. The van der Waals surface area contributed by atoms with E-state index in [1.807, 2.05) is 0 Å². The Labute approximate surface area is 89.1 Å². The van der Waals surface area contributed by atoms with Crippen molar-refractivity contribution in [1.82, 2.24) is 5.27 Å². The zero-order chi connectivity index (χ0) is 11.7. The fourth-order valence-electron chi connectivity index (χ4n) is 1.35. The van der Waals surface area contributed by atoms with Crippen LogP contribution in [0.3, 0.4) is 0 Å². The van der Waals surface area contributed by atoms with Gasteiger partial charge in [-0.05, 0) is 22.1 Å². The Balaban J connectivity index is 2.60. The smallest absolute Gasteiger partial charge is 0.287 e. The molecule has 0 atom stereocenters. The summed E-state index contributed by atoms with van der Waals surface area (Å²) in [6.45, 7) is 1.25. The first kappa shape index (κ1) is 10.3. The first-order valence-electron chi connectivity index (χ1n) is 4.50. The zero-order valence-corrected chi connectivity index (χ0v) is 8.36. The Hall–Kier alpha value is -2.24. The standard InChI is InChI=1S/C10H7FN2O3/c1-6(14)9-10(15)16-12-13(9)8-4-2-7(11)3-5-8/h2-5H,1H3/p+1. The summed E-state index contributed by atoms with van der Waals surface area (Å²) in [5, 5.41) is 2.28. The maximum atomic E-state index is 12.7. The molecule has 0 radical (unpaired) electrons. The van der Waals surface area contributed by atoms with E-state index in [-0.39, 0.29) is 5.69 Å². The fourth-order valence-corrected chi connectivity index (χ4v) is 1.35. The Morgan fingerprint density at radius 3 is 2.56 bits per heavy atom. The van der Waals surface area contributed by atoms with Crippen LogP contribution in [0.4, 0.5) is 4.39 Å². The molecule has 0 amide bonds. The summed E-state index contributed by atoms with van der Waals surface area (Å²) in [6.07, 6.45) is 0. The molecule has 0 unspecified atom stereocenters. The number of carbonyl (C=O) groups is 1. The molecule has 1 N–H and O–H groups in total. The first-order chi connectivity index (χ1) is 7.59. The summed E-state index contributed by atoms with van der Waals surface area (Å²) in [4.78, 5) is 22.4. The van der Waals surface area contributed by atoms with Crippen LogP contribution < -0.4 is 10.3 Å². The summed E-state index contributed by atoms with van der Waals surface area (Å²) in [6, 6.07) is 5.29. The average Bonchev–Trinajstić information content (AvgIpc) is 2.61. The minimum atomic E-state index is -0.753. The Morgan fingerprint density at radius 2 is 2.00 bits per heavy atom. The van der Waals surface area contributed by atoms with Crippen LogP contribution in [-0.2, 0) is 0 Å². The van der Waals surface area contributed by atoms with Crippen LogP contribution in [0.15, 0.2) is 33.6 Å². The molecule has 0 aliphatic heterocycles. The van der Waals surface area contributed by atoms with Crippen molar-refractivity contribution >= 4 is 5.78 Å². The maximum absolute atomic E-state index is 12.7. The van der Waals surface area contributed by atoms with E-state index in [0.717, 1.165) is 0 Å². The van der Waals surface area contributed by atoms with Gasteiger partial charge in [-0.25, -0.2) is 9.18 Å². The molecule has 0 bridgehead atoms. The van der Waals surface area contributed by atoms with Gasteiger partial charge in [0.25, 0.3) is 0 Å². The molecule has 1 heterocycles. The number of hydrogen-bond acceptors (Lipinski definition) is 3. The third kappa shape index (κ3) is 1.65. The molecule has 2 rings (SSSR count). The highest BCUT2D eigenvalue weighted by Gasteiger charge is 2.27. The number of nitrogens with one attached hydrogen (secondary N) is 1. The van der Waals surface area contributed by atoms with Crippen molar-refractivity contribution in [3.63, 3.8) is 0 Å². The van der Waals surface area contributed by atoms with Crippen LogP contribution in [0.1, 0.15) is 17.4 Å². The van der Waals surface area contributed by atoms with Gasteiger partial charge >= 0.3 is 11.3 Å². The van der Waals surface area contributed by atoms with Gasteiger partial charge < -0.3 is 0 Å². The van der Waals surface area contributed by atoms with Crippen LogP contribution in [-0.4, -0.2) is 11.1 Å². The van der Waals surface area contributed by atoms with Gasteiger partial charge in [0.15, 0.2) is 0 Å². The molecule has 6 heteroatoms. The van der Waals surface area contributed by atoms with Crippen LogP contribution in [0, 0.1) is 5.82 Å². The predicted octanol–water partition coefficient (Wildman–Crippen LogP) is 0.586. The molecular formula is C10H8FN2O3+. The highest BCUT2D eigenvalue weighted by molar-refractivity contribution is 5.90. The topological polar surface area (TPSA) is 67.0 Å². The van der Waals surface area contributed by atoms with Gasteiger partial charge in [-0.1, -0.05) is 0 Å². The van der Waals surface area contributed by atoms with Crippen LogP contribution in [0.2, 0.25) is 0 Å². The van der Waals surface area contributed by atoms with Crippen molar-refractivity contribution in [1.29, 1.82) is 0 Å². The lowest BCUT2D eigenvalue weighted by atomic mass is 10.3. The van der Waals surface area contributed by atoms with Crippen LogP contribution in [0.5, 0.6) is 0 Å². The van der Waals surface area contributed by atoms with Gasteiger partial charge in [-0.2, -0.15) is 0 Å². The van der Waals surface area contributed by atoms with Gasteiger partial charge in [-0.3, -0.25) is 9.32 Å². The molecule has 5 nitrogen and oxygen atoms in total. The number of hydrogen-bond donors (Lipinski definition) is 1. The molecule has 0 saturated heterocycles. The molecule has 0 spiro atoms. The third-order valence-electron chi connectivity index (χ3n) is 2.06. The number of nitrogens with zero attached hydrogens (tertiary/aromatic N) is 1. The van der Waals surface area contributed by atoms with Crippen LogP contribution in [0.25, 0.3) is 5.69 Å². The highest BCUT2D eigenvalue weighted by atomic mass is 19.1. The monoisotopic (exact) mass is 223 g/mol. The van der Waals surface area contributed by atoms with Gasteiger partial charge in [0, 0.05) is 19.1 Å². The summed E-state index contributed by atoms with van der Waals surface area (Å²) in [7, 11) is 0. The van der Waals surface area contributed by atoms with Gasteiger partial charge in [0.05, 0.1) is 0 Å². The molecule has 0 aliphatic carbocycles. The summed E-state index contributed by atoms with van der Waals surface area (Å²) in [5.41, 5.74) is -0.444. The zero-order valence-electron chi connectivity index (χ0n) is 8.36. The van der Waals surface area contributed by atoms with E-state index in [9.17, 15) is 14.0 Å². The van der Waals surface area contributed by atoms with E-state index in [2.05, 4.69) is 9.79 Å². The second-order valence-corrected chi connectivity index (χ2v) is 3.20. The van der Waals surface area contributed by atoms with Gasteiger partial charge in [-0.15, -0.1) is 0 Å². The van der Waals surface area contributed by atoms with Crippen molar-refractivity contribution in [3.05, 3.63) is 46.2 Å². The lowest BCUT2D eigenvalue weighted by Gasteiger charge is -1.91. The lowest BCUT2D eigenvalue weighted by Crippen LogP contribution is -2.40. The Bertz CT molecular complexity index is 583. The van der Waals surface area contributed by atoms with E-state index in [1.165, 1.54) is 35.9 Å². The molecule has 1 aromatic carbocycles. The minimum Gasteiger partial charge on any atom is -0.287 e. The number of aromatic amines is 1. The number of Topliss-reactive ketones (excluding diaryl/α,β-unsaturated/α-hetero) is 1. The van der Waals surface area contributed by atoms with Crippen molar-refractivity contribution in [2.24, 2.45) is 0 Å². The van der Waals surface area contributed by atoms with Crippen molar-refractivity contribution < 1.29 is 18.4 Å². The normalized spacial score (nSPS) is 10.4. The van der Waals surface area contributed by atoms with E-state index in [0.29, 0.717) is 5.69 Å². The number of H-pyrrole nitrogens is 1. The molecular weight excluding hydrogens is 215 g/mol. The predicted molar refractivity (Wildman–Crippen MR) is 50.8 cm³/mol. The molecule has 0 saturated carbocycles.